The Hall–Kier alpha value is -0.160. The van der Waals surface area contributed by atoms with E-state index in [0.29, 0.717) is 6.04 Å². The third-order valence-corrected chi connectivity index (χ3v) is 5.11. The number of hydrogen-bond donors (Lipinski definition) is 1. The molecule has 2 atom stereocenters. The highest BCUT2D eigenvalue weighted by atomic mass is 16.5. The van der Waals surface area contributed by atoms with E-state index in [1.807, 2.05) is 0 Å². The molecule has 2 unspecified atom stereocenters. The van der Waals surface area contributed by atoms with Crippen molar-refractivity contribution < 1.29 is 4.74 Å². The molecule has 3 heterocycles. The van der Waals surface area contributed by atoms with Gasteiger partial charge in [0.05, 0.1) is 6.61 Å². The molecular formula is C15H29N3O. The number of ether oxygens (including phenoxy) is 1. The van der Waals surface area contributed by atoms with Gasteiger partial charge in [-0.3, -0.25) is 4.90 Å². The molecule has 0 aromatic rings. The van der Waals surface area contributed by atoms with Crippen LogP contribution in [0.5, 0.6) is 0 Å². The van der Waals surface area contributed by atoms with Crippen LogP contribution in [0.3, 0.4) is 0 Å². The summed E-state index contributed by atoms with van der Waals surface area (Å²) >= 11 is 0. The Morgan fingerprint density at radius 3 is 2.63 bits per heavy atom. The molecule has 0 bridgehead atoms. The normalized spacial score (nSPS) is 35.8. The van der Waals surface area contributed by atoms with Gasteiger partial charge < -0.3 is 15.4 Å². The lowest BCUT2D eigenvalue weighted by molar-refractivity contribution is 0.0403. The predicted octanol–water partition coefficient (Wildman–Crippen LogP) is 0.910. The Labute approximate surface area is 117 Å². The molecule has 19 heavy (non-hydrogen) atoms. The molecule has 3 aliphatic heterocycles. The van der Waals surface area contributed by atoms with Gasteiger partial charge in [-0.05, 0) is 57.7 Å². The third-order valence-electron chi connectivity index (χ3n) is 5.11. The molecule has 0 aromatic heterocycles. The molecule has 0 aliphatic carbocycles. The predicted molar refractivity (Wildman–Crippen MR) is 77.2 cm³/mol. The van der Waals surface area contributed by atoms with Crippen LogP contribution in [0.4, 0.5) is 0 Å². The number of rotatable bonds is 3. The van der Waals surface area contributed by atoms with Crippen LogP contribution in [-0.2, 0) is 4.74 Å². The van der Waals surface area contributed by atoms with Gasteiger partial charge in [0.15, 0.2) is 0 Å². The quantitative estimate of drug-likeness (QED) is 0.825. The highest BCUT2D eigenvalue weighted by molar-refractivity contribution is 4.87. The van der Waals surface area contributed by atoms with E-state index in [9.17, 15) is 0 Å². The van der Waals surface area contributed by atoms with E-state index < -0.39 is 0 Å². The van der Waals surface area contributed by atoms with Crippen LogP contribution in [0.25, 0.3) is 0 Å². The zero-order valence-corrected chi connectivity index (χ0v) is 12.1. The molecule has 0 aromatic carbocycles. The standard InChI is InChI=1S/C15H29N3O/c16-14-3-7-18(8-4-14)15-5-6-17(11-15)10-13-2-1-9-19-12-13/h13-15H,1-12,16H2. The first kappa shape index (κ1) is 13.8. The Morgan fingerprint density at radius 1 is 1.05 bits per heavy atom. The van der Waals surface area contributed by atoms with Crippen molar-refractivity contribution in [1.82, 2.24) is 9.80 Å². The fourth-order valence-corrected chi connectivity index (χ4v) is 3.88. The van der Waals surface area contributed by atoms with Gasteiger partial charge in [-0.25, -0.2) is 0 Å². The van der Waals surface area contributed by atoms with Crippen LogP contribution in [0.2, 0.25) is 0 Å². The van der Waals surface area contributed by atoms with Gasteiger partial charge in [0.25, 0.3) is 0 Å². The Kier molecular flexibility index (Phi) is 4.74. The number of piperidine rings is 1. The maximum atomic E-state index is 6.00. The van der Waals surface area contributed by atoms with E-state index in [2.05, 4.69) is 9.80 Å². The summed E-state index contributed by atoms with van der Waals surface area (Å²) < 4.78 is 5.60. The molecule has 0 radical (unpaired) electrons. The van der Waals surface area contributed by atoms with E-state index in [0.717, 1.165) is 25.2 Å². The van der Waals surface area contributed by atoms with Crippen molar-refractivity contribution in [1.29, 1.82) is 0 Å². The van der Waals surface area contributed by atoms with Crippen LogP contribution in [0.15, 0.2) is 0 Å². The highest BCUT2D eigenvalue weighted by Crippen LogP contribution is 2.22. The van der Waals surface area contributed by atoms with Crippen molar-refractivity contribution in [2.75, 3.05) is 45.9 Å². The molecule has 4 heteroatoms. The van der Waals surface area contributed by atoms with E-state index in [1.54, 1.807) is 0 Å². The summed E-state index contributed by atoms with van der Waals surface area (Å²) in [6.07, 6.45) is 6.34. The van der Waals surface area contributed by atoms with Crippen molar-refractivity contribution in [2.24, 2.45) is 11.7 Å². The lowest BCUT2D eigenvalue weighted by Gasteiger charge is -2.35. The largest absolute Gasteiger partial charge is 0.381 e. The second-order valence-corrected chi connectivity index (χ2v) is 6.66. The fourth-order valence-electron chi connectivity index (χ4n) is 3.88. The van der Waals surface area contributed by atoms with Gasteiger partial charge in [-0.15, -0.1) is 0 Å². The molecule has 3 rings (SSSR count). The van der Waals surface area contributed by atoms with E-state index in [1.165, 1.54) is 64.8 Å². The van der Waals surface area contributed by atoms with Crippen LogP contribution < -0.4 is 5.73 Å². The van der Waals surface area contributed by atoms with Gasteiger partial charge in [0.1, 0.15) is 0 Å². The molecule has 3 aliphatic rings. The zero-order valence-electron chi connectivity index (χ0n) is 12.1. The van der Waals surface area contributed by atoms with Crippen LogP contribution in [-0.4, -0.2) is 67.8 Å². The monoisotopic (exact) mass is 267 g/mol. The maximum Gasteiger partial charge on any atom is 0.0506 e. The molecule has 0 amide bonds. The average Bonchev–Trinajstić information content (AvgIpc) is 2.89. The van der Waals surface area contributed by atoms with Crippen molar-refractivity contribution in [3.63, 3.8) is 0 Å². The summed E-state index contributed by atoms with van der Waals surface area (Å²) in [5.74, 6) is 0.780. The second kappa shape index (κ2) is 6.53. The van der Waals surface area contributed by atoms with Gasteiger partial charge in [-0.2, -0.15) is 0 Å². The first-order valence-electron chi connectivity index (χ1n) is 8.11. The topological polar surface area (TPSA) is 41.7 Å². The first-order chi connectivity index (χ1) is 9.31. The lowest BCUT2D eigenvalue weighted by atomic mass is 10.0. The minimum Gasteiger partial charge on any atom is -0.381 e. The fraction of sp³-hybridized carbons (Fsp3) is 1.00. The Bertz CT molecular complexity index is 273. The number of nitrogens with zero attached hydrogens (tertiary/aromatic N) is 2. The zero-order chi connectivity index (χ0) is 13.1. The lowest BCUT2D eigenvalue weighted by Crippen LogP contribution is -2.46. The molecule has 0 saturated carbocycles. The maximum absolute atomic E-state index is 6.00. The Balaban J connectivity index is 1.42. The summed E-state index contributed by atoms with van der Waals surface area (Å²) in [5.41, 5.74) is 6.00. The molecule has 3 saturated heterocycles. The van der Waals surface area contributed by atoms with Crippen molar-refractivity contribution in [3.8, 4) is 0 Å². The number of hydrogen-bond acceptors (Lipinski definition) is 4. The van der Waals surface area contributed by atoms with Crippen molar-refractivity contribution in [2.45, 2.75) is 44.2 Å². The second-order valence-electron chi connectivity index (χ2n) is 6.66. The minimum atomic E-state index is 0.452. The SMILES string of the molecule is NC1CCN(C2CCN(CC3CCCOC3)C2)CC1. The van der Waals surface area contributed by atoms with Crippen LogP contribution >= 0.6 is 0 Å². The smallest absolute Gasteiger partial charge is 0.0506 e. The van der Waals surface area contributed by atoms with Gasteiger partial charge in [0, 0.05) is 31.8 Å². The van der Waals surface area contributed by atoms with Gasteiger partial charge >= 0.3 is 0 Å². The summed E-state index contributed by atoms with van der Waals surface area (Å²) in [7, 11) is 0. The third kappa shape index (κ3) is 3.69. The van der Waals surface area contributed by atoms with E-state index in [-0.39, 0.29) is 0 Å². The highest BCUT2D eigenvalue weighted by Gasteiger charge is 2.30. The van der Waals surface area contributed by atoms with Gasteiger partial charge in [-0.1, -0.05) is 0 Å². The van der Waals surface area contributed by atoms with Crippen molar-refractivity contribution in [3.05, 3.63) is 0 Å². The van der Waals surface area contributed by atoms with E-state index >= 15 is 0 Å². The number of likely N-dealkylation sites (tertiary alicyclic amines) is 2. The molecular weight excluding hydrogens is 238 g/mol. The van der Waals surface area contributed by atoms with Crippen LogP contribution in [0.1, 0.15) is 32.1 Å². The Morgan fingerprint density at radius 2 is 1.89 bits per heavy atom. The molecule has 3 fully saturated rings. The summed E-state index contributed by atoms with van der Waals surface area (Å²) in [6.45, 7) is 8.20. The number of nitrogens with two attached hydrogens (primary N) is 1. The van der Waals surface area contributed by atoms with E-state index in [4.69, 9.17) is 10.5 Å². The first-order valence-corrected chi connectivity index (χ1v) is 8.11. The summed E-state index contributed by atoms with van der Waals surface area (Å²) in [5, 5.41) is 0. The molecule has 2 N–H and O–H groups in total. The van der Waals surface area contributed by atoms with Crippen LogP contribution in [0, 0.1) is 5.92 Å². The summed E-state index contributed by atoms with van der Waals surface area (Å²) in [4.78, 5) is 5.35. The molecule has 0 spiro atoms. The van der Waals surface area contributed by atoms with Crippen molar-refractivity contribution >= 4 is 0 Å². The molecule has 110 valence electrons. The average molecular weight is 267 g/mol. The minimum absolute atomic E-state index is 0.452. The summed E-state index contributed by atoms with van der Waals surface area (Å²) in [6, 6.07) is 1.24. The van der Waals surface area contributed by atoms with Gasteiger partial charge in [0.2, 0.25) is 0 Å². The molecule has 4 nitrogen and oxygen atoms in total.